The summed E-state index contributed by atoms with van der Waals surface area (Å²) in [6, 6.07) is 8.97. The van der Waals surface area contributed by atoms with Gasteiger partial charge in [-0.1, -0.05) is 0 Å². The number of pyridine rings is 2. The zero-order valence-corrected chi connectivity index (χ0v) is 14.5. The topological polar surface area (TPSA) is 92.1 Å². The SMILES string of the molecule is [C-]#[N+]c1ccc(Nc2cc(C)n[nH]2)nc1NC(C)COc1cccnc1. The third-order valence-corrected chi connectivity index (χ3v) is 3.48. The van der Waals surface area contributed by atoms with Crippen molar-refractivity contribution in [1.82, 2.24) is 20.2 Å². The second kappa shape index (κ2) is 7.98. The molecule has 3 N–H and O–H groups in total. The maximum absolute atomic E-state index is 7.33. The van der Waals surface area contributed by atoms with Gasteiger partial charge in [0.15, 0.2) is 0 Å². The summed E-state index contributed by atoms with van der Waals surface area (Å²) in [6.07, 6.45) is 3.35. The van der Waals surface area contributed by atoms with E-state index in [1.165, 1.54) is 0 Å². The van der Waals surface area contributed by atoms with Crippen molar-refractivity contribution >= 4 is 23.1 Å². The van der Waals surface area contributed by atoms with E-state index in [0.29, 0.717) is 29.7 Å². The molecule has 0 aromatic carbocycles. The molecule has 0 fully saturated rings. The molecular weight excluding hydrogens is 330 g/mol. The normalized spacial score (nSPS) is 11.4. The third-order valence-electron chi connectivity index (χ3n) is 3.48. The number of aromatic nitrogens is 4. The van der Waals surface area contributed by atoms with Gasteiger partial charge in [-0.25, -0.2) is 9.83 Å². The summed E-state index contributed by atoms with van der Waals surface area (Å²) in [6.45, 7) is 11.6. The maximum Gasteiger partial charge on any atom is 0.228 e. The van der Waals surface area contributed by atoms with Gasteiger partial charge in [0.2, 0.25) is 5.69 Å². The molecule has 1 unspecified atom stereocenters. The molecule has 1 atom stereocenters. The van der Waals surface area contributed by atoms with Gasteiger partial charge in [0.25, 0.3) is 0 Å². The van der Waals surface area contributed by atoms with Crippen LogP contribution in [0.5, 0.6) is 5.75 Å². The second-order valence-electron chi connectivity index (χ2n) is 5.77. The van der Waals surface area contributed by atoms with E-state index in [1.807, 2.05) is 32.0 Å². The summed E-state index contributed by atoms with van der Waals surface area (Å²) >= 11 is 0. The smallest absolute Gasteiger partial charge is 0.228 e. The van der Waals surface area contributed by atoms with Gasteiger partial charge in [-0.3, -0.25) is 10.1 Å². The van der Waals surface area contributed by atoms with E-state index < -0.39 is 0 Å². The molecule has 8 nitrogen and oxygen atoms in total. The van der Waals surface area contributed by atoms with Crippen LogP contribution in [0, 0.1) is 13.5 Å². The summed E-state index contributed by atoms with van der Waals surface area (Å²) in [4.78, 5) is 12.0. The van der Waals surface area contributed by atoms with Gasteiger partial charge in [-0.2, -0.15) is 5.10 Å². The lowest BCUT2D eigenvalue weighted by Gasteiger charge is -2.17. The molecule has 8 heteroatoms. The van der Waals surface area contributed by atoms with E-state index in [9.17, 15) is 0 Å². The van der Waals surface area contributed by atoms with Gasteiger partial charge < -0.3 is 15.4 Å². The number of rotatable bonds is 7. The molecule has 0 aliphatic carbocycles. The predicted octanol–water partition coefficient (Wildman–Crippen LogP) is 3.68. The fourth-order valence-corrected chi connectivity index (χ4v) is 2.27. The van der Waals surface area contributed by atoms with Gasteiger partial charge in [0, 0.05) is 12.3 Å². The Labute approximate surface area is 151 Å². The van der Waals surface area contributed by atoms with Gasteiger partial charge in [-0.05, 0) is 38.1 Å². The van der Waals surface area contributed by atoms with E-state index >= 15 is 0 Å². The molecule has 3 aromatic heterocycles. The number of anilines is 3. The van der Waals surface area contributed by atoms with Crippen LogP contribution in [-0.2, 0) is 0 Å². The van der Waals surface area contributed by atoms with Crippen LogP contribution in [0.25, 0.3) is 4.85 Å². The molecule has 26 heavy (non-hydrogen) atoms. The first-order valence-corrected chi connectivity index (χ1v) is 8.11. The molecule has 3 heterocycles. The fraction of sp³-hybridized carbons (Fsp3) is 0.222. The highest BCUT2D eigenvalue weighted by Gasteiger charge is 2.11. The molecular formula is C18H19N7O. The first kappa shape index (κ1) is 17.2. The van der Waals surface area contributed by atoms with Gasteiger partial charge >= 0.3 is 0 Å². The molecule has 0 aliphatic rings. The minimum absolute atomic E-state index is 0.0483. The van der Waals surface area contributed by atoms with E-state index in [4.69, 9.17) is 11.3 Å². The number of aromatic amines is 1. The number of nitrogens with zero attached hydrogens (tertiary/aromatic N) is 4. The zero-order chi connectivity index (χ0) is 18.4. The number of hydrogen-bond donors (Lipinski definition) is 3. The van der Waals surface area contributed by atoms with Gasteiger partial charge in [0.1, 0.15) is 29.8 Å². The molecule has 0 spiro atoms. The van der Waals surface area contributed by atoms with Crippen molar-refractivity contribution < 1.29 is 4.74 Å². The average Bonchev–Trinajstić information content (AvgIpc) is 3.06. The lowest BCUT2D eigenvalue weighted by atomic mass is 10.3. The molecule has 3 rings (SSSR count). The van der Waals surface area contributed by atoms with Crippen LogP contribution in [-0.4, -0.2) is 32.8 Å². The molecule has 0 radical (unpaired) electrons. The average molecular weight is 349 g/mol. The Morgan fingerprint density at radius 3 is 2.92 bits per heavy atom. The van der Waals surface area contributed by atoms with Crippen LogP contribution < -0.4 is 15.4 Å². The molecule has 0 bridgehead atoms. The van der Waals surface area contributed by atoms with E-state index in [1.54, 1.807) is 24.5 Å². The number of hydrogen-bond acceptors (Lipinski definition) is 6. The molecule has 0 saturated heterocycles. The molecule has 132 valence electrons. The van der Waals surface area contributed by atoms with E-state index in [2.05, 4.69) is 35.6 Å². The summed E-state index contributed by atoms with van der Waals surface area (Å²) < 4.78 is 5.68. The Bertz CT molecular complexity index is 901. The van der Waals surface area contributed by atoms with Crippen molar-refractivity contribution in [1.29, 1.82) is 0 Å². The second-order valence-corrected chi connectivity index (χ2v) is 5.77. The molecule has 3 aromatic rings. The summed E-state index contributed by atoms with van der Waals surface area (Å²) in [5, 5.41) is 13.3. The van der Waals surface area contributed by atoms with E-state index in [0.717, 1.165) is 11.5 Å². The lowest BCUT2D eigenvalue weighted by Crippen LogP contribution is -2.24. The van der Waals surface area contributed by atoms with Crippen molar-refractivity contribution in [3.05, 3.63) is 59.8 Å². The van der Waals surface area contributed by atoms with Crippen molar-refractivity contribution in [3.63, 3.8) is 0 Å². The first-order chi connectivity index (χ1) is 12.6. The number of H-pyrrole nitrogens is 1. The van der Waals surface area contributed by atoms with Crippen LogP contribution in [0.1, 0.15) is 12.6 Å². The minimum Gasteiger partial charge on any atom is -0.490 e. The van der Waals surface area contributed by atoms with E-state index in [-0.39, 0.29) is 6.04 Å². The highest BCUT2D eigenvalue weighted by molar-refractivity contribution is 5.69. The highest BCUT2D eigenvalue weighted by atomic mass is 16.5. The van der Waals surface area contributed by atoms with Crippen LogP contribution in [0.15, 0.2) is 42.7 Å². The van der Waals surface area contributed by atoms with Gasteiger partial charge in [0.05, 0.1) is 24.5 Å². The van der Waals surface area contributed by atoms with Crippen molar-refractivity contribution in [3.8, 4) is 5.75 Å². The third kappa shape index (κ3) is 4.48. The minimum atomic E-state index is -0.0483. The fourth-order valence-electron chi connectivity index (χ4n) is 2.27. The number of nitrogens with one attached hydrogen (secondary N) is 3. The lowest BCUT2D eigenvalue weighted by molar-refractivity contribution is 0.302. The number of ether oxygens (including phenoxy) is 1. The number of aryl methyl sites for hydroxylation is 1. The Morgan fingerprint density at radius 2 is 2.23 bits per heavy atom. The monoisotopic (exact) mass is 349 g/mol. The first-order valence-electron chi connectivity index (χ1n) is 8.11. The summed E-state index contributed by atoms with van der Waals surface area (Å²) in [7, 11) is 0. The van der Waals surface area contributed by atoms with Crippen molar-refractivity contribution in [2.24, 2.45) is 0 Å². The largest absolute Gasteiger partial charge is 0.490 e. The molecule has 0 saturated carbocycles. The molecule has 0 amide bonds. The van der Waals surface area contributed by atoms with Crippen molar-refractivity contribution in [2.75, 3.05) is 17.2 Å². The van der Waals surface area contributed by atoms with Crippen LogP contribution in [0.2, 0.25) is 0 Å². The molecule has 0 aliphatic heterocycles. The maximum atomic E-state index is 7.33. The zero-order valence-electron chi connectivity index (χ0n) is 14.5. The Hall–Kier alpha value is -3.60. The summed E-state index contributed by atoms with van der Waals surface area (Å²) in [5.74, 6) is 2.56. The summed E-state index contributed by atoms with van der Waals surface area (Å²) in [5.41, 5.74) is 1.33. The standard InChI is InChI=1S/C18H19N7O/c1-12-9-17(25-24-12)22-16-7-6-15(19-3)18(23-16)21-13(2)11-26-14-5-4-8-20-10-14/h4-10,13H,11H2,1-2H3,(H3,21,22,23,24,25). The Balaban J connectivity index is 1.67. The quantitative estimate of drug-likeness (QED) is 0.564. The van der Waals surface area contributed by atoms with Crippen LogP contribution in [0.3, 0.4) is 0 Å². The van der Waals surface area contributed by atoms with Crippen LogP contribution >= 0.6 is 0 Å². The Kier molecular flexibility index (Phi) is 5.29. The predicted molar refractivity (Wildman–Crippen MR) is 99.9 cm³/mol. The van der Waals surface area contributed by atoms with Gasteiger partial charge in [-0.15, -0.1) is 0 Å². The Morgan fingerprint density at radius 1 is 1.35 bits per heavy atom. The van der Waals surface area contributed by atoms with Crippen LogP contribution in [0.4, 0.5) is 23.1 Å². The highest BCUT2D eigenvalue weighted by Crippen LogP contribution is 2.26. The van der Waals surface area contributed by atoms with Crippen molar-refractivity contribution in [2.45, 2.75) is 19.9 Å².